The van der Waals surface area contributed by atoms with Crippen molar-refractivity contribution in [3.8, 4) is 5.75 Å². The van der Waals surface area contributed by atoms with Gasteiger partial charge in [0, 0.05) is 29.3 Å². The maximum atomic E-state index is 12.9. The molecule has 0 spiro atoms. The van der Waals surface area contributed by atoms with Crippen molar-refractivity contribution in [2.75, 3.05) is 11.9 Å². The first-order chi connectivity index (χ1) is 13.3. The zero-order valence-corrected chi connectivity index (χ0v) is 16.5. The molecule has 28 heavy (non-hydrogen) atoms. The highest BCUT2D eigenvalue weighted by Gasteiger charge is 2.41. The van der Waals surface area contributed by atoms with E-state index in [-0.39, 0.29) is 29.2 Å². The van der Waals surface area contributed by atoms with Gasteiger partial charge in [-0.05, 0) is 36.0 Å². The average Bonchev–Trinajstić information content (AvgIpc) is 2.66. The van der Waals surface area contributed by atoms with E-state index < -0.39 is 6.61 Å². The molecule has 1 N–H and O–H groups in total. The molecule has 0 radical (unpaired) electrons. The smallest absolute Gasteiger partial charge is 0.387 e. The molecule has 0 bridgehead atoms. The molecule has 150 valence electrons. The Morgan fingerprint density at radius 1 is 1.11 bits per heavy atom. The molecule has 0 aromatic heterocycles. The summed E-state index contributed by atoms with van der Waals surface area (Å²) in [6, 6.07) is 13.4. The summed E-state index contributed by atoms with van der Waals surface area (Å²) in [5.41, 5.74) is 4.25. The first kappa shape index (κ1) is 19.2. The molecule has 2 heterocycles. The van der Waals surface area contributed by atoms with Gasteiger partial charge in [0.05, 0.1) is 12.1 Å². The van der Waals surface area contributed by atoms with Crippen LogP contribution in [-0.4, -0.2) is 13.2 Å². The Balaban J connectivity index is 1.76. The highest BCUT2D eigenvalue weighted by atomic mass is 19.3. The minimum absolute atomic E-state index is 0.0445. The number of rotatable bonds is 3. The highest BCUT2D eigenvalue weighted by molar-refractivity contribution is 5.60. The van der Waals surface area contributed by atoms with E-state index in [9.17, 15) is 8.78 Å². The topological polar surface area (TPSA) is 30.5 Å². The maximum Gasteiger partial charge on any atom is 0.387 e. The summed E-state index contributed by atoms with van der Waals surface area (Å²) in [6.45, 7) is 4.48. The van der Waals surface area contributed by atoms with Crippen molar-refractivity contribution in [1.82, 2.24) is 0 Å². The molecule has 2 aliphatic rings. The predicted molar refractivity (Wildman–Crippen MR) is 106 cm³/mol. The summed E-state index contributed by atoms with van der Waals surface area (Å²) in [5.74, 6) is 0.396. The van der Waals surface area contributed by atoms with Crippen LogP contribution in [0.3, 0.4) is 0 Å². The van der Waals surface area contributed by atoms with E-state index in [1.165, 1.54) is 11.1 Å². The molecule has 0 amide bonds. The van der Waals surface area contributed by atoms with Gasteiger partial charge in [-0.3, -0.25) is 0 Å². The second-order valence-electron chi connectivity index (χ2n) is 8.69. The number of ether oxygens (including phenoxy) is 2. The van der Waals surface area contributed by atoms with Crippen molar-refractivity contribution in [2.45, 2.75) is 57.8 Å². The fourth-order valence-corrected chi connectivity index (χ4v) is 4.39. The third-order valence-electron chi connectivity index (χ3n) is 5.80. The van der Waals surface area contributed by atoms with Crippen molar-refractivity contribution in [3.05, 3.63) is 59.2 Å². The number of anilines is 1. The number of alkyl halides is 2. The van der Waals surface area contributed by atoms with Gasteiger partial charge in [-0.25, -0.2) is 0 Å². The molecule has 3 nitrogen and oxygen atoms in total. The van der Waals surface area contributed by atoms with Gasteiger partial charge >= 0.3 is 6.61 Å². The minimum atomic E-state index is -2.84. The van der Waals surface area contributed by atoms with E-state index in [4.69, 9.17) is 9.47 Å². The average molecular weight is 387 g/mol. The molecule has 4 rings (SSSR count). The standard InChI is InChI=1S/C23H27F2NO2/c1-23(2,3)14-10-11-18-17(13-14)21-16(8-6-12-27-21)20(26-18)15-7-4-5-9-19(15)28-22(24)25/h4-5,7,9-11,13,16,20-22,26H,6,8,12H2,1-3H3. The Morgan fingerprint density at radius 2 is 1.89 bits per heavy atom. The van der Waals surface area contributed by atoms with Gasteiger partial charge < -0.3 is 14.8 Å². The summed E-state index contributed by atoms with van der Waals surface area (Å²) >= 11 is 0. The third kappa shape index (κ3) is 3.60. The number of hydrogen-bond acceptors (Lipinski definition) is 3. The van der Waals surface area contributed by atoms with E-state index in [0.717, 1.165) is 30.7 Å². The lowest BCUT2D eigenvalue weighted by Gasteiger charge is -2.44. The van der Waals surface area contributed by atoms with Crippen LogP contribution in [-0.2, 0) is 10.2 Å². The van der Waals surface area contributed by atoms with Crippen LogP contribution in [0.5, 0.6) is 5.75 Å². The Bertz CT molecular complexity index is 847. The van der Waals surface area contributed by atoms with Crippen LogP contribution in [0.25, 0.3) is 0 Å². The van der Waals surface area contributed by atoms with E-state index in [0.29, 0.717) is 0 Å². The van der Waals surface area contributed by atoms with E-state index in [1.54, 1.807) is 12.1 Å². The number of fused-ring (bicyclic) bond motifs is 3. The molecular formula is C23H27F2NO2. The van der Waals surface area contributed by atoms with Crippen LogP contribution in [0.2, 0.25) is 0 Å². The molecule has 2 aliphatic heterocycles. The molecule has 1 saturated heterocycles. The molecule has 5 heteroatoms. The Hall–Kier alpha value is -2.14. The Kier molecular flexibility index (Phi) is 5.04. The first-order valence-electron chi connectivity index (χ1n) is 9.91. The molecule has 1 fully saturated rings. The molecule has 2 aromatic rings. The van der Waals surface area contributed by atoms with Crippen LogP contribution < -0.4 is 10.1 Å². The SMILES string of the molecule is CC(C)(C)c1ccc2c(c1)C1OCCCC1C(c1ccccc1OC(F)F)N2. The van der Waals surface area contributed by atoms with Crippen LogP contribution in [0, 0.1) is 5.92 Å². The Morgan fingerprint density at radius 3 is 2.64 bits per heavy atom. The van der Waals surface area contributed by atoms with E-state index in [1.807, 2.05) is 12.1 Å². The lowest BCUT2D eigenvalue weighted by Crippen LogP contribution is -2.36. The van der Waals surface area contributed by atoms with Crippen LogP contribution >= 0.6 is 0 Å². The van der Waals surface area contributed by atoms with Crippen molar-refractivity contribution in [3.63, 3.8) is 0 Å². The monoisotopic (exact) mass is 387 g/mol. The van der Waals surface area contributed by atoms with Gasteiger partial charge in [0.1, 0.15) is 5.75 Å². The van der Waals surface area contributed by atoms with E-state index >= 15 is 0 Å². The van der Waals surface area contributed by atoms with Gasteiger partial charge in [0.2, 0.25) is 0 Å². The summed E-state index contributed by atoms with van der Waals surface area (Å²) in [5, 5.41) is 3.60. The fourth-order valence-electron chi connectivity index (χ4n) is 4.39. The largest absolute Gasteiger partial charge is 0.434 e. The molecular weight excluding hydrogens is 360 g/mol. The van der Waals surface area contributed by atoms with E-state index in [2.05, 4.69) is 44.3 Å². The zero-order chi connectivity index (χ0) is 19.9. The lowest BCUT2D eigenvalue weighted by atomic mass is 9.75. The van der Waals surface area contributed by atoms with Crippen LogP contribution in [0.15, 0.2) is 42.5 Å². The molecule has 3 atom stereocenters. The minimum Gasteiger partial charge on any atom is -0.434 e. The van der Waals surface area contributed by atoms with Crippen molar-refractivity contribution < 1.29 is 18.3 Å². The van der Waals surface area contributed by atoms with Crippen molar-refractivity contribution in [1.29, 1.82) is 0 Å². The fraction of sp³-hybridized carbons (Fsp3) is 0.478. The van der Waals surface area contributed by atoms with Gasteiger partial charge in [-0.2, -0.15) is 8.78 Å². The first-order valence-corrected chi connectivity index (χ1v) is 9.91. The van der Waals surface area contributed by atoms with Crippen LogP contribution in [0.1, 0.15) is 62.4 Å². The Labute approximate surface area is 165 Å². The third-order valence-corrected chi connectivity index (χ3v) is 5.80. The summed E-state index contributed by atoms with van der Waals surface area (Å²) in [4.78, 5) is 0. The number of para-hydroxylation sites is 1. The number of hydrogen-bond donors (Lipinski definition) is 1. The normalized spacial score (nSPS) is 24.3. The van der Waals surface area contributed by atoms with Gasteiger partial charge in [0.15, 0.2) is 0 Å². The van der Waals surface area contributed by atoms with Gasteiger partial charge in [0.25, 0.3) is 0 Å². The number of benzene rings is 2. The highest BCUT2D eigenvalue weighted by Crippen LogP contribution is 2.51. The summed E-state index contributed by atoms with van der Waals surface area (Å²) in [7, 11) is 0. The van der Waals surface area contributed by atoms with Crippen molar-refractivity contribution in [2.24, 2.45) is 5.92 Å². The summed E-state index contributed by atoms with van der Waals surface area (Å²) in [6.07, 6.45) is 1.90. The van der Waals surface area contributed by atoms with Gasteiger partial charge in [-0.15, -0.1) is 0 Å². The number of halogens is 2. The quantitative estimate of drug-likeness (QED) is 0.678. The molecule has 2 aromatic carbocycles. The maximum absolute atomic E-state index is 12.9. The lowest BCUT2D eigenvalue weighted by molar-refractivity contribution is -0.0533. The summed E-state index contributed by atoms with van der Waals surface area (Å²) < 4.78 is 36.9. The van der Waals surface area contributed by atoms with Crippen molar-refractivity contribution >= 4 is 5.69 Å². The molecule has 0 saturated carbocycles. The number of nitrogens with one attached hydrogen (secondary N) is 1. The second kappa shape index (κ2) is 7.36. The van der Waals surface area contributed by atoms with Gasteiger partial charge in [-0.1, -0.05) is 51.1 Å². The zero-order valence-electron chi connectivity index (χ0n) is 16.5. The van der Waals surface area contributed by atoms with Crippen LogP contribution in [0.4, 0.5) is 14.5 Å². The second-order valence-corrected chi connectivity index (χ2v) is 8.69. The molecule has 0 aliphatic carbocycles. The predicted octanol–water partition coefficient (Wildman–Crippen LogP) is 6.22. The molecule has 3 unspecified atom stereocenters.